The highest BCUT2D eigenvalue weighted by molar-refractivity contribution is 6.31. The monoisotopic (exact) mass is 233 g/mol. The number of rotatable bonds is 4. The first-order valence-electron chi connectivity index (χ1n) is 4.13. The molecule has 1 rings (SSSR count). The SMILES string of the molecule is NCCNc1cc(F)c(Cl)cc1[N+](=O)[O-]. The van der Waals surface area contributed by atoms with Gasteiger partial charge in [0, 0.05) is 25.2 Å². The molecule has 3 N–H and O–H groups in total. The molecule has 0 aromatic heterocycles. The van der Waals surface area contributed by atoms with Crippen molar-refractivity contribution in [1.82, 2.24) is 0 Å². The molecule has 0 saturated heterocycles. The van der Waals surface area contributed by atoms with Gasteiger partial charge in [-0.15, -0.1) is 0 Å². The van der Waals surface area contributed by atoms with Gasteiger partial charge in [0.1, 0.15) is 11.5 Å². The molecular weight excluding hydrogens is 225 g/mol. The lowest BCUT2D eigenvalue weighted by Crippen LogP contribution is -2.14. The van der Waals surface area contributed by atoms with Gasteiger partial charge in [0.15, 0.2) is 0 Å². The molecule has 1 aromatic rings. The van der Waals surface area contributed by atoms with Gasteiger partial charge in [-0.1, -0.05) is 11.6 Å². The van der Waals surface area contributed by atoms with Crippen molar-refractivity contribution in [1.29, 1.82) is 0 Å². The van der Waals surface area contributed by atoms with Crippen molar-refractivity contribution in [3.05, 3.63) is 33.1 Å². The standard InChI is InChI=1S/C8H9ClFN3O2/c9-5-3-8(13(14)15)7(4-6(5)10)12-2-1-11/h3-4,12H,1-2,11H2. The van der Waals surface area contributed by atoms with Gasteiger partial charge in [0.2, 0.25) is 0 Å². The molecule has 0 spiro atoms. The zero-order valence-corrected chi connectivity index (χ0v) is 8.42. The van der Waals surface area contributed by atoms with E-state index in [1.54, 1.807) is 0 Å². The summed E-state index contributed by atoms with van der Waals surface area (Å²) < 4.78 is 13.0. The summed E-state index contributed by atoms with van der Waals surface area (Å²) in [5.74, 6) is -0.707. The fourth-order valence-electron chi connectivity index (χ4n) is 1.04. The number of nitrogens with two attached hydrogens (primary N) is 1. The average molecular weight is 234 g/mol. The van der Waals surface area contributed by atoms with Crippen molar-refractivity contribution in [2.45, 2.75) is 0 Å². The van der Waals surface area contributed by atoms with Crippen molar-refractivity contribution in [2.75, 3.05) is 18.4 Å². The van der Waals surface area contributed by atoms with Crippen LogP contribution in [-0.2, 0) is 0 Å². The molecule has 0 fully saturated rings. The lowest BCUT2D eigenvalue weighted by Gasteiger charge is -2.06. The van der Waals surface area contributed by atoms with Crippen LogP contribution in [0.1, 0.15) is 0 Å². The lowest BCUT2D eigenvalue weighted by atomic mass is 10.2. The van der Waals surface area contributed by atoms with E-state index >= 15 is 0 Å². The number of nitrogens with zero attached hydrogens (tertiary/aromatic N) is 1. The molecular formula is C8H9ClFN3O2. The first kappa shape index (κ1) is 11.7. The minimum atomic E-state index is -0.707. The molecule has 0 bridgehead atoms. The van der Waals surface area contributed by atoms with Crippen molar-refractivity contribution < 1.29 is 9.31 Å². The van der Waals surface area contributed by atoms with E-state index in [2.05, 4.69) is 5.32 Å². The Morgan fingerprint density at radius 3 is 2.80 bits per heavy atom. The Bertz CT molecular complexity index is 386. The molecule has 0 unspecified atom stereocenters. The summed E-state index contributed by atoms with van der Waals surface area (Å²) in [7, 11) is 0. The normalized spacial score (nSPS) is 10.1. The van der Waals surface area contributed by atoms with Crippen molar-refractivity contribution >= 4 is 23.0 Å². The third-order valence-corrected chi connectivity index (χ3v) is 1.98. The summed E-state index contributed by atoms with van der Waals surface area (Å²) in [6, 6.07) is 1.95. The minimum Gasteiger partial charge on any atom is -0.378 e. The maximum atomic E-state index is 13.0. The van der Waals surface area contributed by atoms with Gasteiger partial charge in [-0.05, 0) is 0 Å². The smallest absolute Gasteiger partial charge is 0.294 e. The second kappa shape index (κ2) is 4.90. The van der Waals surface area contributed by atoms with Crippen LogP contribution in [0.25, 0.3) is 0 Å². The predicted molar refractivity (Wildman–Crippen MR) is 55.6 cm³/mol. The number of nitro groups is 1. The molecule has 0 heterocycles. The van der Waals surface area contributed by atoms with E-state index in [1.165, 1.54) is 0 Å². The Kier molecular flexibility index (Phi) is 3.81. The minimum absolute atomic E-state index is 0.0763. The van der Waals surface area contributed by atoms with E-state index in [0.717, 1.165) is 12.1 Å². The summed E-state index contributed by atoms with van der Waals surface area (Å²) in [6.07, 6.45) is 0. The van der Waals surface area contributed by atoms with Crippen LogP contribution in [0.3, 0.4) is 0 Å². The quantitative estimate of drug-likeness (QED) is 0.613. The highest BCUT2D eigenvalue weighted by atomic mass is 35.5. The molecule has 15 heavy (non-hydrogen) atoms. The first-order valence-corrected chi connectivity index (χ1v) is 4.51. The third-order valence-electron chi connectivity index (χ3n) is 1.70. The average Bonchev–Trinajstić information content (AvgIpc) is 2.19. The van der Waals surface area contributed by atoms with Gasteiger partial charge in [-0.25, -0.2) is 4.39 Å². The van der Waals surface area contributed by atoms with Gasteiger partial charge < -0.3 is 11.1 Å². The zero-order valence-electron chi connectivity index (χ0n) is 7.67. The van der Waals surface area contributed by atoms with Gasteiger partial charge in [-0.3, -0.25) is 10.1 Å². The molecule has 5 nitrogen and oxygen atoms in total. The lowest BCUT2D eigenvalue weighted by molar-refractivity contribution is -0.384. The van der Waals surface area contributed by atoms with Gasteiger partial charge in [-0.2, -0.15) is 0 Å². The summed E-state index contributed by atoms with van der Waals surface area (Å²) >= 11 is 5.43. The molecule has 0 saturated carbocycles. The second-order valence-electron chi connectivity index (χ2n) is 2.76. The van der Waals surface area contributed by atoms with Crippen LogP contribution in [-0.4, -0.2) is 18.0 Å². The maximum absolute atomic E-state index is 13.0. The van der Waals surface area contributed by atoms with Crippen LogP contribution in [0, 0.1) is 15.9 Å². The number of hydrogen-bond donors (Lipinski definition) is 2. The Morgan fingerprint density at radius 2 is 2.27 bits per heavy atom. The highest BCUT2D eigenvalue weighted by Crippen LogP contribution is 2.29. The molecule has 0 atom stereocenters. The fraction of sp³-hybridized carbons (Fsp3) is 0.250. The maximum Gasteiger partial charge on any atom is 0.294 e. The van der Waals surface area contributed by atoms with Gasteiger partial charge >= 0.3 is 0 Å². The zero-order chi connectivity index (χ0) is 11.4. The van der Waals surface area contributed by atoms with E-state index in [-0.39, 0.29) is 16.4 Å². The number of benzene rings is 1. The third kappa shape index (κ3) is 2.77. The Labute approximate surface area is 90.2 Å². The van der Waals surface area contributed by atoms with Crippen LogP contribution in [0.5, 0.6) is 0 Å². The van der Waals surface area contributed by atoms with Crippen molar-refractivity contribution in [3.8, 4) is 0 Å². The van der Waals surface area contributed by atoms with E-state index in [0.29, 0.717) is 13.1 Å². The Balaban J connectivity index is 3.10. The summed E-state index contributed by atoms with van der Waals surface area (Å²) in [5, 5.41) is 13.0. The van der Waals surface area contributed by atoms with E-state index < -0.39 is 10.7 Å². The van der Waals surface area contributed by atoms with Gasteiger partial charge in [0.25, 0.3) is 5.69 Å². The predicted octanol–water partition coefficient (Wildman–Crippen LogP) is 1.76. The van der Waals surface area contributed by atoms with Crippen LogP contribution in [0.4, 0.5) is 15.8 Å². The molecule has 7 heteroatoms. The number of halogens is 2. The van der Waals surface area contributed by atoms with Crippen LogP contribution >= 0.6 is 11.6 Å². The molecule has 1 aromatic carbocycles. The topological polar surface area (TPSA) is 81.2 Å². The molecule has 0 amide bonds. The largest absolute Gasteiger partial charge is 0.378 e. The Hall–Kier alpha value is -1.40. The van der Waals surface area contributed by atoms with Gasteiger partial charge in [0.05, 0.1) is 9.95 Å². The number of nitrogens with one attached hydrogen (secondary N) is 1. The van der Waals surface area contributed by atoms with E-state index in [4.69, 9.17) is 17.3 Å². The second-order valence-corrected chi connectivity index (χ2v) is 3.16. The van der Waals surface area contributed by atoms with Crippen LogP contribution in [0.15, 0.2) is 12.1 Å². The van der Waals surface area contributed by atoms with Crippen molar-refractivity contribution in [3.63, 3.8) is 0 Å². The molecule has 0 radical (unpaired) electrons. The van der Waals surface area contributed by atoms with Crippen molar-refractivity contribution in [2.24, 2.45) is 5.73 Å². The molecule has 0 aliphatic carbocycles. The molecule has 82 valence electrons. The molecule has 0 aliphatic rings. The fourth-order valence-corrected chi connectivity index (χ4v) is 1.19. The van der Waals surface area contributed by atoms with Crippen LogP contribution in [0.2, 0.25) is 5.02 Å². The van der Waals surface area contributed by atoms with E-state index in [9.17, 15) is 14.5 Å². The van der Waals surface area contributed by atoms with E-state index in [1.807, 2.05) is 0 Å². The first-order chi connectivity index (χ1) is 7.06. The number of anilines is 1. The Morgan fingerprint density at radius 1 is 1.60 bits per heavy atom. The number of hydrogen-bond acceptors (Lipinski definition) is 4. The highest BCUT2D eigenvalue weighted by Gasteiger charge is 2.16. The number of nitro benzene ring substituents is 1. The summed E-state index contributed by atoms with van der Waals surface area (Å²) in [4.78, 5) is 9.97. The summed E-state index contributed by atoms with van der Waals surface area (Å²) in [5.41, 5.74) is 5.03. The van der Waals surface area contributed by atoms with Crippen LogP contribution < -0.4 is 11.1 Å². The molecule has 0 aliphatic heterocycles. The summed E-state index contributed by atoms with van der Waals surface area (Å²) in [6.45, 7) is 0.614.